The molecule has 5 rings (SSSR count). The van der Waals surface area contributed by atoms with Gasteiger partial charge in [-0.05, 0) is 55.3 Å². The number of halogens is 3. The van der Waals surface area contributed by atoms with E-state index in [0.29, 0.717) is 35.7 Å². The Bertz CT molecular complexity index is 1890. The molecule has 13 nitrogen and oxygen atoms in total. The van der Waals surface area contributed by atoms with Gasteiger partial charge in [0.25, 0.3) is 11.8 Å². The zero-order valence-corrected chi connectivity index (χ0v) is 24.6. The molecular weight excluding hydrogens is 619 g/mol. The van der Waals surface area contributed by atoms with Gasteiger partial charge >= 0.3 is 15.5 Å². The first kappa shape index (κ1) is 31.2. The second-order valence-electron chi connectivity index (χ2n) is 9.98. The predicted molar refractivity (Wildman–Crippen MR) is 155 cm³/mol. The Morgan fingerprint density at radius 2 is 1.73 bits per heavy atom. The Kier molecular flexibility index (Phi) is 8.38. The molecule has 0 saturated carbocycles. The van der Waals surface area contributed by atoms with E-state index < -0.39 is 33.2 Å². The van der Waals surface area contributed by atoms with Crippen molar-refractivity contribution < 1.29 is 40.7 Å². The van der Waals surface area contributed by atoms with Crippen molar-refractivity contribution in [3.05, 3.63) is 72.1 Å². The number of alkyl halides is 3. The summed E-state index contributed by atoms with van der Waals surface area (Å²) >= 11 is 0. The number of carbonyl (C=O) groups excluding carboxylic acids is 3. The number of anilines is 2. The molecule has 4 aromatic rings. The van der Waals surface area contributed by atoms with Crippen LogP contribution in [0.3, 0.4) is 0 Å². The first-order chi connectivity index (χ1) is 21.3. The molecule has 1 aliphatic heterocycles. The van der Waals surface area contributed by atoms with Crippen LogP contribution in [0.2, 0.25) is 0 Å². The molecule has 2 aromatic carbocycles. The minimum atomic E-state index is -5.91. The standard InChI is InChI=1S/C28H26F3N7O6S/c1-32-25(40)23-4-3-13-38(23)26(41)16-5-7-17(8-6-16)34-27-35-20-14-18(9-10-22(20)37(27)2)44-19-11-12-33-21(15-19)24(39)36-45(42,43)28(29,30)31/h5-12,14-15,23H,3-4,13H2,1-2H3,(H,32,40)(H,34,35)(H,36,39)/t23-/m1/s1. The van der Waals surface area contributed by atoms with Crippen LogP contribution < -0.4 is 20.1 Å². The average molecular weight is 646 g/mol. The van der Waals surface area contributed by atoms with Gasteiger partial charge in [0, 0.05) is 50.2 Å². The minimum Gasteiger partial charge on any atom is -0.457 e. The molecule has 0 aliphatic carbocycles. The van der Waals surface area contributed by atoms with Gasteiger partial charge in [-0.15, -0.1) is 0 Å². The highest BCUT2D eigenvalue weighted by atomic mass is 32.2. The average Bonchev–Trinajstić information content (AvgIpc) is 3.61. The molecule has 45 heavy (non-hydrogen) atoms. The second-order valence-corrected chi connectivity index (χ2v) is 11.7. The quantitative estimate of drug-likeness (QED) is 0.260. The number of carbonyl (C=O) groups is 3. The summed E-state index contributed by atoms with van der Waals surface area (Å²) < 4.78 is 68.8. The van der Waals surface area contributed by atoms with Gasteiger partial charge in [0.05, 0.1) is 11.0 Å². The molecule has 0 unspecified atom stereocenters. The van der Waals surface area contributed by atoms with E-state index in [0.717, 1.165) is 28.9 Å². The second kappa shape index (κ2) is 12.1. The molecule has 17 heteroatoms. The fourth-order valence-electron chi connectivity index (χ4n) is 4.76. The number of pyridine rings is 1. The van der Waals surface area contributed by atoms with Crippen molar-refractivity contribution in [2.75, 3.05) is 18.9 Å². The number of fused-ring (bicyclic) bond motifs is 1. The molecule has 1 aliphatic rings. The molecule has 1 fully saturated rings. The number of benzene rings is 2. The van der Waals surface area contributed by atoms with Crippen molar-refractivity contribution in [1.82, 2.24) is 29.5 Å². The van der Waals surface area contributed by atoms with E-state index in [1.165, 1.54) is 6.07 Å². The molecule has 2 aromatic heterocycles. The van der Waals surface area contributed by atoms with Crippen molar-refractivity contribution in [2.45, 2.75) is 24.4 Å². The molecule has 0 radical (unpaired) electrons. The number of aromatic nitrogens is 3. The summed E-state index contributed by atoms with van der Waals surface area (Å²) in [5, 5.41) is 5.79. The van der Waals surface area contributed by atoms with Gasteiger partial charge in [-0.3, -0.25) is 19.4 Å². The number of hydrogen-bond acceptors (Lipinski definition) is 9. The molecule has 3 amide bonds. The van der Waals surface area contributed by atoms with Crippen molar-refractivity contribution in [1.29, 1.82) is 0 Å². The number of hydrogen-bond donors (Lipinski definition) is 3. The number of aryl methyl sites for hydroxylation is 1. The number of ether oxygens (including phenoxy) is 1. The molecule has 1 saturated heterocycles. The fourth-order valence-corrected chi connectivity index (χ4v) is 5.23. The van der Waals surface area contributed by atoms with Crippen molar-refractivity contribution >= 4 is 50.4 Å². The van der Waals surface area contributed by atoms with E-state index in [1.807, 2.05) is 0 Å². The van der Waals surface area contributed by atoms with Gasteiger partial charge in [0.2, 0.25) is 11.9 Å². The monoisotopic (exact) mass is 645 g/mol. The summed E-state index contributed by atoms with van der Waals surface area (Å²) in [6, 6.07) is 13.5. The maximum absolute atomic E-state index is 13.0. The number of amides is 3. The van der Waals surface area contributed by atoms with Crippen LogP contribution in [0.5, 0.6) is 11.5 Å². The third-order valence-corrected chi connectivity index (χ3v) is 8.10. The highest BCUT2D eigenvalue weighted by molar-refractivity contribution is 7.90. The molecule has 1 atom stereocenters. The van der Waals surface area contributed by atoms with Crippen LogP contribution in [0.1, 0.15) is 33.7 Å². The summed E-state index contributed by atoms with van der Waals surface area (Å²) in [6.45, 7) is 0.506. The van der Waals surface area contributed by atoms with E-state index >= 15 is 0 Å². The summed E-state index contributed by atoms with van der Waals surface area (Å²) in [4.78, 5) is 47.0. The van der Waals surface area contributed by atoms with E-state index in [4.69, 9.17) is 4.74 Å². The van der Waals surface area contributed by atoms with Gasteiger partial charge in [-0.1, -0.05) is 0 Å². The lowest BCUT2D eigenvalue weighted by atomic mass is 10.1. The third kappa shape index (κ3) is 6.52. The Morgan fingerprint density at radius 3 is 2.42 bits per heavy atom. The summed E-state index contributed by atoms with van der Waals surface area (Å²) in [7, 11) is -2.58. The first-order valence-corrected chi connectivity index (χ1v) is 14.9. The minimum absolute atomic E-state index is 0.0124. The van der Waals surface area contributed by atoms with Crippen LogP contribution in [0.4, 0.5) is 24.8 Å². The number of rotatable bonds is 8. The topological polar surface area (TPSA) is 165 Å². The molecule has 236 valence electrons. The largest absolute Gasteiger partial charge is 0.516 e. The van der Waals surface area contributed by atoms with Crippen LogP contribution >= 0.6 is 0 Å². The van der Waals surface area contributed by atoms with Crippen molar-refractivity contribution in [3.8, 4) is 11.5 Å². The number of imidazole rings is 1. The summed E-state index contributed by atoms with van der Waals surface area (Å²) in [5.74, 6) is -1.24. The zero-order chi connectivity index (χ0) is 32.5. The van der Waals surface area contributed by atoms with Crippen LogP contribution in [-0.2, 0) is 21.9 Å². The lowest BCUT2D eigenvalue weighted by Crippen LogP contribution is -2.44. The summed E-state index contributed by atoms with van der Waals surface area (Å²) in [5.41, 5.74) is -3.94. The van der Waals surface area contributed by atoms with Gasteiger partial charge in [0.15, 0.2) is 0 Å². The van der Waals surface area contributed by atoms with E-state index in [-0.39, 0.29) is 23.3 Å². The summed E-state index contributed by atoms with van der Waals surface area (Å²) in [6.07, 6.45) is 2.44. The fraction of sp³-hybridized carbons (Fsp3) is 0.250. The Morgan fingerprint density at radius 1 is 1.02 bits per heavy atom. The predicted octanol–water partition coefficient (Wildman–Crippen LogP) is 3.43. The lowest BCUT2D eigenvalue weighted by Gasteiger charge is -2.23. The number of likely N-dealkylation sites (tertiary alicyclic amines) is 1. The molecule has 0 bridgehead atoms. The Labute approximate surface area is 254 Å². The van der Waals surface area contributed by atoms with Gasteiger partial charge in [-0.25, -0.2) is 9.71 Å². The number of nitrogens with zero attached hydrogens (tertiary/aromatic N) is 4. The highest BCUT2D eigenvalue weighted by Crippen LogP contribution is 2.29. The maximum Gasteiger partial charge on any atom is 0.516 e. The number of nitrogens with one attached hydrogen (secondary N) is 3. The normalized spacial score (nSPS) is 15.1. The highest BCUT2D eigenvalue weighted by Gasteiger charge is 2.47. The van der Waals surface area contributed by atoms with Crippen LogP contribution in [0, 0.1) is 0 Å². The number of sulfonamides is 1. The zero-order valence-electron chi connectivity index (χ0n) is 23.8. The van der Waals surface area contributed by atoms with Gasteiger partial charge in [-0.2, -0.15) is 21.6 Å². The van der Waals surface area contributed by atoms with E-state index in [2.05, 4.69) is 20.6 Å². The Hall–Kier alpha value is -5.19. The van der Waals surface area contributed by atoms with Crippen molar-refractivity contribution in [3.63, 3.8) is 0 Å². The third-order valence-electron chi connectivity index (χ3n) is 7.03. The van der Waals surface area contributed by atoms with Crippen LogP contribution in [0.15, 0.2) is 60.8 Å². The smallest absolute Gasteiger partial charge is 0.457 e. The lowest BCUT2D eigenvalue weighted by molar-refractivity contribution is -0.124. The molecular formula is C28H26F3N7O6S. The van der Waals surface area contributed by atoms with Gasteiger partial charge in [0.1, 0.15) is 23.2 Å². The molecule has 0 spiro atoms. The van der Waals surface area contributed by atoms with Crippen LogP contribution in [-0.4, -0.2) is 70.7 Å². The maximum atomic E-state index is 13.0. The van der Waals surface area contributed by atoms with Crippen LogP contribution in [0.25, 0.3) is 11.0 Å². The van der Waals surface area contributed by atoms with Crippen molar-refractivity contribution in [2.24, 2.45) is 7.05 Å². The first-order valence-electron chi connectivity index (χ1n) is 13.4. The van der Waals surface area contributed by atoms with E-state index in [1.54, 1.807) is 66.0 Å². The van der Waals surface area contributed by atoms with Gasteiger partial charge < -0.3 is 24.8 Å². The SMILES string of the molecule is CNC(=O)[C@H]1CCCN1C(=O)c1ccc(Nc2nc3cc(Oc4ccnc(C(=O)NS(=O)(=O)C(F)(F)F)c4)ccc3n2C)cc1. The van der Waals surface area contributed by atoms with E-state index in [9.17, 15) is 36.0 Å². The molecule has 3 heterocycles. The Balaban J connectivity index is 1.28. The number of likely N-dealkylation sites (N-methyl/N-ethyl adjacent to an activating group) is 1. The molecule has 3 N–H and O–H groups in total.